The molecule has 0 amide bonds. The van der Waals surface area contributed by atoms with Gasteiger partial charge in [0, 0.05) is 24.6 Å². The molecule has 0 bridgehead atoms. The summed E-state index contributed by atoms with van der Waals surface area (Å²) in [7, 11) is 1.92. The summed E-state index contributed by atoms with van der Waals surface area (Å²) in [6.07, 6.45) is 9.61. The molecular formula is C20H29FN2O. The van der Waals surface area contributed by atoms with Crippen molar-refractivity contribution < 1.29 is 9.18 Å². The Kier molecular flexibility index (Phi) is 6.52. The summed E-state index contributed by atoms with van der Waals surface area (Å²) in [6, 6.07) is 0. The average Bonchev–Trinajstić information content (AvgIpc) is 2.56. The minimum atomic E-state index is -0.150. The summed E-state index contributed by atoms with van der Waals surface area (Å²) in [5.74, 6) is 1.98. The molecule has 0 aliphatic heterocycles. The Hall–Kier alpha value is -1.71. The smallest absolute Gasteiger partial charge is 0.139 e. The first-order valence-electron chi connectivity index (χ1n) is 8.89. The van der Waals surface area contributed by atoms with E-state index in [2.05, 4.69) is 13.5 Å². The van der Waals surface area contributed by atoms with E-state index >= 15 is 0 Å². The lowest BCUT2D eigenvalue weighted by Crippen LogP contribution is -2.36. The fraction of sp³-hybridized carbons (Fsp3) is 0.600. The average molecular weight is 332 g/mol. The van der Waals surface area contributed by atoms with E-state index in [-0.39, 0.29) is 11.7 Å². The molecule has 1 atom stereocenters. The van der Waals surface area contributed by atoms with E-state index in [1.165, 1.54) is 12.8 Å². The van der Waals surface area contributed by atoms with Gasteiger partial charge >= 0.3 is 0 Å². The number of aldehydes is 1. The summed E-state index contributed by atoms with van der Waals surface area (Å²) in [6.45, 7) is 8.53. The molecule has 1 fully saturated rings. The van der Waals surface area contributed by atoms with Crippen LogP contribution in [0.2, 0.25) is 0 Å². The van der Waals surface area contributed by atoms with Gasteiger partial charge in [-0.1, -0.05) is 32.4 Å². The Bertz CT molecular complexity index is 568. The third-order valence-electron chi connectivity index (χ3n) is 5.19. The van der Waals surface area contributed by atoms with Crippen molar-refractivity contribution in [2.24, 2.45) is 22.7 Å². The van der Waals surface area contributed by atoms with E-state index in [1.807, 2.05) is 18.0 Å². The maximum Gasteiger partial charge on any atom is 0.139 e. The Labute approximate surface area is 145 Å². The normalized spacial score (nSPS) is 28.0. The van der Waals surface area contributed by atoms with Crippen LogP contribution in [0.1, 0.15) is 46.0 Å². The molecule has 0 spiro atoms. The van der Waals surface area contributed by atoms with Gasteiger partial charge in [-0.05, 0) is 43.8 Å². The zero-order valence-corrected chi connectivity index (χ0v) is 15.1. The molecule has 4 heteroatoms. The summed E-state index contributed by atoms with van der Waals surface area (Å²) in [4.78, 5) is 17.7. The standard InChI is InChI=1S/C20H29FN2O/c1-14-5-7-17(8-6-14)20(23(4)11-12-24)22-16(3)18-9-10-19(21)15(2)13-18/h10,12-14,17-18H,3,5-9,11H2,1-2,4H3. The van der Waals surface area contributed by atoms with E-state index in [0.29, 0.717) is 24.5 Å². The highest BCUT2D eigenvalue weighted by Gasteiger charge is 2.26. The first-order chi connectivity index (χ1) is 11.4. The van der Waals surface area contributed by atoms with Crippen molar-refractivity contribution in [1.82, 2.24) is 4.90 Å². The number of nitrogens with zero attached hydrogens (tertiary/aromatic N) is 2. The van der Waals surface area contributed by atoms with Gasteiger partial charge in [-0.15, -0.1) is 0 Å². The van der Waals surface area contributed by atoms with Gasteiger partial charge in [0.05, 0.1) is 6.54 Å². The Morgan fingerprint density at radius 2 is 2.08 bits per heavy atom. The molecule has 1 saturated carbocycles. The van der Waals surface area contributed by atoms with E-state index in [4.69, 9.17) is 4.99 Å². The third-order valence-corrected chi connectivity index (χ3v) is 5.19. The molecule has 2 aliphatic carbocycles. The summed E-state index contributed by atoms with van der Waals surface area (Å²) in [5, 5.41) is 0. The number of amidine groups is 1. The number of likely N-dealkylation sites (N-methyl/N-ethyl adjacent to an activating group) is 1. The van der Waals surface area contributed by atoms with Crippen LogP contribution in [0.25, 0.3) is 0 Å². The second kappa shape index (κ2) is 8.41. The lowest BCUT2D eigenvalue weighted by molar-refractivity contribution is -0.108. The van der Waals surface area contributed by atoms with Crippen molar-refractivity contribution in [3.05, 3.63) is 35.8 Å². The molecule has 132 valence electrons. The second-order valence-corrected chi connectivity index (χ2v) is 7.21. The lowest BCUT2D eigenvalue weighted by atomic mass is 9.82. The van der Waals surface area contributed by atoms with Crippen LogP contribution in [-0.2, 0) is 4.79 Å². The molecule has 2 rings (SSSR count). The van der Waals surface area contributed by atoms with Gasteiger partial charge in [0.25, 0.3) is 0 Å². The van der Waals surface area contributed by atoms with E-state index in [9.17, 15) is 9.18 Å². The highest BCUT2D eigenvalue weighted by molar-refractivity contribution is 5.87. The van der Waals surface area contributed by atoms with Gasteiger partial charge in [-0.25, -0.2) is 9.38 Å². The molecule has 0 radical (unpaired) electrons. The maximum absolute atomic E-state index is 13.5. The fourth-order valence-corrected chi connectivity index (χ4v) is 3.52. The van der Waals surface area contributed by atoms with Gasteiger partial charge in [0.1, 0.15) is 17.9 Å². The minimum absolute atomic E-state index is 0.0339. The number of hydrogen-bond donors (Lipinski definition) is 0. The first-order valence-corrected chi connectivity index (χ1v) is 8.89. The highest BCUT2D eigenvalue weighted by Crippen LogP contribution is 2.32. The third kappa shape index (κ3) is 4.65. The number of hydrogen-bond acceptors (Lipinski definition) is 2. The molecule has 0 saturated heterocycles. The molecule has 3 nitrogen and oxygen atoms in total. The molecule has 24 heavy (non-hydrogen) atoms. The number of rotatable bonds is 5. The summed E-state index contributed by atoms with van der Waals surface area (Å²) >= 11 is 0. The van der Waals surface area contributed by atoms with Gasteiger partial charge < -0.3 is 9.69 Å². The van der Waals surface area contributed by atoms with Gasteiger partial charge in [-0.3, -0.25) is 0 Å². The van der Waals surface area contributed by atoms with Crippen LogP contribution in [0.5, 0.6) is 0 Å². The van der Waals surface area contributed by atoms with Crippen LogP contribution in [0.3, 0.4) is 0 Å². The van der Waals surface area contributed by atoms with Crippen molar-refractivity contribution in [3.8, 4) is 0 Å². The van der Waals surface area contributed by atoms with Gasteiger partial charge in [0.2, 0.25) is 0 Å². The quantitative estimate of drug-likeness (QED) is 0.416. The topological polar surface area (TPSA) is 32.7 Å². The molecule has 0 aromatic rings. The molecule has 0 N–H and O–H groups in total. The van der Waals surface area contributed by atoms with E-state index in [0.717, 1.165) is 36.6 Å². The number of allylic oxidation sites excluding steroid dienone is 4. The fourth-order valence-electron chi connectivity index (χ4n) is 3.52. The molecule has 0 aromatic heterocycles. The molecule has 0 heterocycles. The largest absolute Gasteiger partial charge is 0.356 e. The Balaban J connectivity index is 2.18. The van der Waals surface area contributed by atoms with Gasteiger partial charge in [0.15, 0.2) is 0 Å². The monoisotopic (exact) mass is 332 g/mol. The first kappa shape index (κ1) is 18.6. The Morgan fingerprint density at radius 3 is 2.67 bits per heavy atom. The van der Waals surface area contributed by atoms with Crippen LogP contribution in [0, 0.1) is 17.8 Å². The summed E-state index contributed by atoms with van der Waals surface area (Å²) in [5.41, 5.74) is 1.40. The van der Waals surface area contributed by atoms with Crippen molar-refractivity contribution in [2.45, 2.75) is 46.0 Å². The SMILES string of the molecule is C=C(N=C(C1CCC(C)CC1)N(C)CC=O)C1C=C(C)C(F)=CC1. The zero-order valence-electron chi connectivity index (χ0n) is 15.1. The van der Waals surface area contributed by atoms with Crippen LogP contribution < -0.4 is 0 Å². The van der Waals surface area contributed by atoms with Crippen molar-refractivity contribution >= 4 is 12.1 Å². The van der Waals surface area contributed by atoms with Crippen molar-refractivity contribution in [3.63, 3.8) is 0 Å². The molecule has 0 aromatic carbocycles. The number of carbonyl (C=O) groups is 1. The zero-order chi connectivity index (χ0) is 17.7. The number of halogens is 1. The highest BCUT2D eigenvalue weighted by atomic mass is 19.1. The molecule has 1 unspecified atom stereocenters. The van der Waals surface area contributed by atoms with E-state index in [1.54, 1.807) is 13.0 Å². The molecule has 2 aliphatic rings. The van der Waals surface area contributed by atoms with Crippen LogP contribution >= 0.6 is 0 Å². The number of carbonyl (C=O) groups excluding carboxylic acids is 1. The van der Waals surface area contributed by atoms with Crippen LogP contribution in [0.4, 0.5) is 4.39 Å². The van der Waals surface area contributed by atoms with Gasteiger partial charge in [-0.2, -0.15) is 0 Å². The van der Waals surface area contributed by atoms with Crippen LogP contribution in [0.15, 0.2) is 40.8 Å². The predicted molar refractivity (Wildman–Crippen MR) is 97.4 cm³/mol. The Morgan fingerprint density at radius 1 is 1.42 bits per heavy atom. The minimum Gasteiger partial charge on any atom is -0.356 e. The maximum atomic E-state index is 13.5. The summed E-state index contributed by atoms with van der Waals surface area (Å²) < 4.78 is 13.5. The van der Waals surface area contributed by atoms with E-state index < -0.39 is 0 Å². The number of aliphatic imine (C=N–C) groups is 1. The predicted octanol–water partition coefficient (Wildman–Crippen LogP) is 4.68. The second-order valence-electron chi connectivity index (χ2n) is 7.21. The van der Waals surface area contributed by atoms with Crippen molar-refractivity contribution in [2.75, 3.05) is 13.6 Å². The molecular weight excluding hydrogens is 303 g/mol. The van der Waals surface area contributed by atoms with Crippen molar-refractivity contribution in [1.29, 1.82) is 0 Å². The lowest BCUT2D eigenvalue weighted by Gasteiger charge is -2.32. The van der Waals surface area contributed by atoms with Crippen LogP contribution in [-0.4, -0.2) is 30.6 Å².